The molecule has 9 atom stereocenters. The second-order valence-corrected chi connectivity index (χ2v) is 31.1. The molecule has 0 spiro atoms. The minimum absolute atomic E-state index is 0.154. The molecule has 3 amide bonds. The van der Waals surface area contributed by atoms with E-state index in [-0.39, 0.29) is 32.1 Å². The molecule has 1 fully saturated rings. The molecular weight excluding hydrogens is 1350 g/mol. The van der Waals surface area contributed by atoms with Crippen LogP contribution in [0.15, 0.2) is 0 Å². The van der Waals surface area contributed by atoms with Crippen molar-refractivity contribution < 1.29 is 86.0 Å². The Labute approximate surface area is 631 Å². The van der Waals surface area contributed by atoms with Crippen molar-refractivity contribution in [2.24, 2.45) is 0 Å². The van der Waals surface area contributed by atoms with Gasteiger partial charge < -0.3 is 59.3 Å². The van der Waals surface area contributed by atoms with Crippen LogP contribution in [0.2, 0.25) is 0 Å². The monoisotopic (exact) mass is 1500 g/mol. The molecule has 1 heterocycles. The highest BCUT2D eigenvalue weighted by Crippen LogP contribution is 2.42. The van der Waals surface area contributed by atoms with E-state index in [9.17, 15) is 53.0 Å². The number of methoxy groups -OCH3 is 1. The molecular formula is C82H154N3O18P. The standard InChI is InChI=1S/C82H154N3O18P/c1-8-14-20-26-32-35-41-44-50-56-67(99-75(90)59-53-47-38-29-23-17-11-4)62-72(87)83-70(81(93)97-7)66-98-82-79(85-74(89)64-69(58-52-46-43-37-34-28-22-16-10-3)101-77(92)61-55-49-40-31-25-19-13-6)78(80(71(65-86)102-82)103-104(94,95)96)84-73(88)63-68(57-51-45-42-36-33-27-21-15-9-2)100-76(91)60-54-48-39-30-24-18-12-5/h67-71,78-80,82,86H,8-66H2,1-7H3,(H,83,87)(H,84,88)(H,85,89)(H2,94,95,96)/t67-,68-,69-,70+,71?,78?,79?,80-,82-/m1/s1. The Morgan fingerprint density at radius 2 is 0.673 bits per heavy atom. The number of phosphoric ester groups is 1. The Balaban J connectivity index is 3.90. The van der Waals surface area contributed by atoms with Crippen molar-refractivity contribution in [2.75, 3.05) is 20.3 Å². The molecule has 0 radical (unpaired) electrons. The first-order chi connectivity index (χ1) is 50.4. The maximum absolute atomic E-state index is 14.9. The summed E-state index contributed by atoms with van der Waals surface area (Å²) < 4.78 is 54.5. The Hall–Kier alpha value is -3.72. The molecule has 610 valence electrons. The quantitative estimate of drug-likeness (QED) is 0.0143. The van der Waals surface area contributed by atoms with E-state index in [0.29, 0.717) is 57.8 Å². The first-order valence-electron chi connectivity index (χ1n) is 42.5. The van der Waals surface area contributed by atoms with Gasteiger partial charge in [-0.05, 0) is 57.8 Å². The number of nitrogens with one attached hydrogen (secondary N) is 3. The minimum Gasteiger partial charge on any atom is -0.467 e. The van der Waals surface area contributed by atoms with Crippen molar-refractivity contribution in [3.05, 3.63) is 0 Å². The summed E-state index contributed by atoms with van der Waals surface area (Å²) in [6, 6.07) is -4.86. The van der Waals surface area contributed by atoms with Gasteiger partial charge in [0.05, 0.1) is 45.6 Å². The Morgan fingerprint density at radius 1 is 0.394 bits per heavy atom. The van der Waals surface area contributed by atoms with Gasteiger partial charge in [-0.25, -0.2) is 9.36 Å². The van der Waals surface area contributed by atoms with Crippen molar-refractivity contribution in [3.8, 4) is 0 Å². The third kappa shape index (κ3) is 54.8. The fourth-order valence-corrected chi connectivity index (χ4v) is 14.4. The summed E-state index contributed by atoms with van der Waals surface area (Å²) in [5, 5.41) is 19.4. The molecule has 3 unspecified atom stereocenters. The molecule has 6 N–H and O–H groups in total. The van der Waals surface area contributed by atoms with Gasteiger partial charge in [0.2, 0.25) is 17.7 Å². The van der Waals surface area contributed by atoms with E-state index < -0.39 is 124 Å². The highest BCUT2D eigenvalue weighted by Gasteiger charge is 2.51. The molecule has 1 rings (SSSR count). The van der Waals surface area contributed by atoms with E-state index in [4.69, 9.17) is 32.9 Å². The summed E-state index contributed by atoms with van der Waals surface area (Å²) in [5.74, 6) is -4.39. The summed E-state index contributed by atoms with van der Waals surface area (Å²) in [6.07, 6.45) is 41.8. The number of carbonyl (C=O) groups excluding carboxylic acids is 7. The first kappa shape index (κ1) is 98.3. The molecule has 0 aromatic rings. The molecule has 1 saturated heterocycles. The van der Waals surface area contributed by atoms with Crippen LogP contribution in [0.5, 0.6) is 0 Å². The van der Waals surface area contributed by atoms with Gasteiger partial charge in [-0.3, -0.25) is 33.3 Å². The van der Waals surface area contributed by atoms with Gasteiger partial charge in [0.1, 0.15) is 36.6 Å². The van der Waals surface area contributed by atoms with Crippen LogP contribution < -0.4 is 16.0 Å². The maximum Gasteiger partial charge on any atom is 0.470 e. The van der Waals surface area contributed by atoms with Crippen LogP contribution in [0.4, 0.5) is 0 Å². The highest BCUT2D eigenvalue weighted by atomic mass is 31.2. The van der Waals surface area contributed by atoms with Crippen molar-refractivity contribution >= 4 is 49.4 Å². The molecule has 0 aliphatic carbocycles. The summed E-state index contributed by atoms with van der Waals surface area (Å²) in [5.41, 5.74) is 0. The number of hydrogen-bond acceptors (Lipinski definition) is 16. The lowest BCUT2D eigenvalue weighted by Gasteiger charge is -2.46. The molecule has 0 saturated carbocycles. The largest absolute Gasteiger partial charge is 0.470 e. The van der Waals surface area contributed by atoms with Gasteiger partial charge in [-0.15, -0.1) is 0 Å². The number of ether oxygens (including phenoxy) is 6. The molecule has 0 bridgehead atoms. The molecule has 0 aromatic carbocycles. The lowest BCUT2D eigenvalue weighted by Crippen LogP contribution is -2.70. The first-order valence-corrected chi connectivity index (χ1v) is 44.1. The number of aliphatic hydroxyl groups excluding tert-OH is 1. The molecule has 0 aromatic heterocycles. The summed E-state index contributed by atoms with van der Waals surface area (Å²) in [6.45, 7) is 11.4. The van der Waals surface area contributed by atoms with E-state index >= 15 is 0 Å². The molecule has 104 heavy (non-hydrogen) atoms. The number of phosphoric acid groups is 1. The normalized spacial score (nSPS) is 17.2. The van der Waals surface area contributed by atoms with Gasteiger partial charge >= 0.3 is 31.7 Å². The number of amides is 3. The number of aliphatic hydroxyl groups is 1. The number of rotatable bonds is 73. The Bertz CT molecular complexity index is 2190. The lowest BCUT2D eigenvalue weighted by molar-refractivity contribution is -0.249. The zero-order chi connectivity index (χ0) is 76.5. The van der Waals surface area contributed by atoms with E-state index in [0.717, 1.165) is 219 Å². The van der Waals surface area contributed by atoms with Gasteiger partial charge in [0.25, 0.3) is 0 Å². The van der Waals surface area contributed by atoms with Gasteiger partial charge in [0.15, 0.2) is 12.3 Å². The van der Waals surface area contributed by atoms with Crippen LogP contribution in [0.25, 0.3) is 0 Å². The van der Waals surface area contributed by atoms with Crippen LogP contribution in [0, 0.1) is 0 Å². The van der Waals surface area contributed by atoms with Crippen molar-refractivity contribution in [1.29, 1.82) is 0 Å². The second kappa shape index (κ2) is 67.4. The van der Waals surface area contributed by atoms with Gasteiger partial charge in [0, 0.05) is 19.3 Å². The fraction of sp³-hybridized carbons (Fsp3) is 0.915. The van der Waals surface area contributed by atoms with E-state index in [1.807, 2.05) is 0 Å². The number of carbonyl (C=O) groups is 7. The van der Waals surface area contributed by atoms with Crippen LogP contribution in [0.1, 0.15) is 408 Å². The predicted molar refractivity (Wildman–Crippen MR) is 413 cm³/mol. The average Bonchev–Trinajstić information content (AvgIpc) is 0.780. The molecule has 1 aliphatic rings. The van der Waals surface area contributed by atoms with E-state index in [1.54, 1.807) is 0 Å². The van der Waals surface area contributed by atoms with Gasteiger partial charge in [-0.2, -0.15) is 0 Å². The zero-order valence-electron chi connectivity index (χ0n) is 66.8. The zero-order valence-corrected chi connectivity index (χ0v) is 67.7. The Kier molecular flexibility index (Phi) is 63.7. The van der Waals surface area contributed by atoms with E-state index in [1.165, 1.54) is 57.8 Å². The summed E-state index contributed by atoms with van der Waals surface area (Å²) >= 11 is 0. The van der Waals surface area contributed by atoms with Crippen molar-refractivity contribution in [2.45, 2.75) is 462 Å². The smallest absolute Gasteiger partial charge is 0.467 e. The molecule has 22 heteroatoms. The third-order valence-electron chi connectivity index (χ3n) is 20.0. The van der Waals surface area contributed by atoms with Crippen LogP contribution in [0.3, 0.4) is 0 Å². The van der Waals surface area contributed by atoms with Crippen LogP contribution in [-0.2, 0) is 71.1 Å². The van der Waals surface area contributed by atoms with Crippen molar-refractivity contribution in [3.63, 3.8) is 0 Å². The Morgan fingerprint density at radius 3 is 0.962 bits per heavy atom. The maximum atomic E-state index is 14.9. The average molecular weight is 1500 g/mol. The summed E-state index contributed by atoms with van der Waals surface area (Å²) in [7, 11) is -4.39. The van der Waals surface area contributed by atoms with Crippen LogP contribution in [-0.4, -0.2) is 132 Å². The summed E-state index contributed by atoms with van der Waals surface area (Å²) in [4.78, 5) is 120. The lowest BCUT2D eigenvalue weighted by atomic mass is 9.93. The fourth-order valence-electron chi connectivity index (χ4n) is 13.8. The van der Waals surface area contributed by atoms with Crippen LogP contribution >= 0.6 is 7.82 Å². The topological polar surface area (TPSA) is 298 Å². The number of hydrogen-bond donors (Lipinski definition) is 6. The minimum atomic E-state index is -5.51. The SMILES string of the molecule is CCCCCCCCCCC[C@H](CC(=O)NC1C(NC(=O)C[C@@H](CCCCCCCCCCC)OC(=O)CCCCCCCCC)[C@H](OP(=O)(O)O)C(CO)O[C@H]1OC[C@H](NC(=O)C[C@@H](CCCCCCCCCCC)OC(=O)CCCCCCCCC)C(=O)OC)OC(=O)CCCCCCCCC. The number of esters is 4. The third-order valence-corrected chi connectivity index (χ3v) is 20.5. The van der Waals surface area contributed by atoms with Crippen molar-refractivity contribution in [1.82, 2.24) is 16.0 Å². The molecule has 1 aliphatic heterocycles. The van der Waals surface area contributed by atoms with E-state index in [2.05, 4.69) is 57.5 Å². The molecule has 21 nitrogen and oxygen atoms in total. The predicted octanol–water partition coefficient (Wildman–Crippen LogP) is 18.9. The number of unbranched alkanes of at least 4 members (excludes halogenated alkanes) is 42. The highest BCUT2D eigenvalue weighted by molar-refractivity contribution is 7.46. The second-order valence-electron chi connectivity index (χ2n) is 29.9. The van der Waals surface area contributed by atoms with Gasteiger partial charge in [-0.1, -0.05) is 311 Å².